The summed E-state index contributed by atoms with van der Waals surface area (Å²) in [4.78, 5) is 15.4. The van der Waals surface area contributed by atoms with Crippen molar-refractivity contribution in [3.05, 3.63) is 70.9 Å². The number of H-pyrrole nitrogens is 1. The Morgan fingerprint density at radius 3 is 2.76 bits per heavy atom. The zero-order chi connectivity index (χ0) is 17.1. The summed E-state index contributed by atoms with van der Waals surface area (Å²) in [6, 6.07) is 16.0. The Morgan fingerprint density at radius 1 is 1.04 bits per heavy atom. The summed E-state index contributed by atoms with van der Waals surface area (Å²) >= 11 is 0. The summed E-state index contributed by atoms with van der Waals surface area (Å²) in [7, 11) is 0. The summed E-state index contributed by atoms with van der Waals surface area (Å²) in [5.74, 6) is 0. The van der Waals surface area contributed by atoms with Gasteiger partial charge in [-0.15, -0.1) is 0 Å². The predicted molar refractivity (Wildman–Crippen MR) is 98.4 cm³/mol. The Balaban J connectivity index is 1.38. The average molecular weight is 334 g/mol. The fourth-order valence-corrected chi connectivity index (χ4v) is 3.51. The molecular formula is C21H22N2O2. The van der Waals surface area contributed by atoms with Crippen molar-refractivity contribution >= 4 is 17.0 Å². The minimum atomic E-state index is -0.389. The van der Waals surface area contributed by atoms with Gasteiger partial charge < -0.3 is 15.0 Å². The van der Waals surface area contributed by atoms with Gasteiger partial charge in [-0.25, -0.2) is 4.79 Å². The third-order valence-electron chi connectivity index (χ3n) is 4.81. The van der Waals surface area contributed by atoms with E-state index in [1.807, 2.05) is 30.3 Å². The number of carbonyl (C=O) groups is 1. The van der Waals surface area contributed by atoms with E-state index in [4.69, 9.17) is 4.74 Å². The van der Waals surface area contributed by atoms with E-state index in [1.165, 1.54) is 35.0 Å². The van der Waals surface area contributed by atoms with Gasteiger partial charge in [0.1, 0.15) is 6.61 Å². The first-order valence-electron chi connectivity index (χ1n) is 8.86. The van der Waals surface area contributed by atoms with E-state index in [0.29, 0.717) is 6.54 Å². The molecule has 0 atom stereocenters. The van der Waals surface area contributed by atoms with Crippen LogP contribution in [0.25, 0.3) is 10.9 Å². The van der Waals surface area contributed by atoms with E-state index in [2.05, 4.69) is 28.5 Å². The van der Waals surface area contributed by atoms with Crippen LogP contribution >= 0.6 is 0 Å². The fraction of sp³-hybridized carbons (Fsp3) is 0.286. The van der Waals surface area contributed by atoms with Crippen LogP contribution in [-0.4, -0.2) is 11.1 Å². The van der Waals surface area contributed by atoms with Crippen molar-refractivity contribution in [2.45, 2.75) is 38.8 Å². The molecule has 4 heteroatoms. The molecule has 2 aromatic carbocycles. The van der Waals surface area contributed by atoms with Crippen LogP contribution in [-0.2, 0) is 30.7 Å². The highest BCUT2D eigenvalue weighted by molar-refractivity contribution is 5.85. The molecule has 1 amide bonds. The Hall–Kier alpha value is -2.75. The quantitative estimate of drug-likeness (QED) is 0.739. The molecule has 1 aromatic heterocycles. The van der Waals surface area contributed by atoms with Crippen molar-refractivity contribution in [2.75, 3.05) is 0 Å². The summed E-state index contributed by atoms with van der Waals surface area (Å²) in [5.41, 5.74) is 6.11. The molecule has 0 saturated heterocycles. The molecular weight excluding hydrogens is 312 g/mol. The average Bonchev–Trinajstić information content (AvgIpc) is 3.03. The lowest BCUT2D eigenvalue weighted by Gasteiger charge is -2.11. The van der Waals surface area contributed by atoms with Gasteiger partial charge in [-0.2, -0.15) is 0 Å². The van der Waals surface area contributed by atoms with Crippen molar-refractivity contribution in [2.24, 2.45) is 0 Å². The highest BCUT2D eigenvalue weighted by Crippen LogP contribution is 2.29. The molecule has 0 bridgehead atoms. The highest BCUT2D eigenvalue weighted by Gasteiger charge is 2.15. The molecule has 25 heavy (non-hydrogen) atoms. The van der Waals surface area contributed by atoms with E-state index < -0.39 is 0 Å². The molecule has 0 spiro atoms. The number of aromatic amines is 1. The van der Waals surface area contributed by atoms with Gasteiger partial charge in [-0.3, -0.25) is 0 Å². The molecule has 128 valence electrons. The molecule has 0 radical (unpaired) electrons. The number of aromatic nitrogens is 1. The summed E-state index contributed by atoms with van der Waals surface area (Å²) in [5, 5.41) is 4.13. The van der Waals surface area contributed by atoms with Gasteiger partial charge in [0.25, 0.3) is 0 Å². The molecule has 1 aliphatic rings. The van der Waals surface area contributed by atoms with Gasteiger partial charge >= 0.3 is 6.09 Å². The standard InChI is InChI=1S/C21H22N2O2/c24-21(25-14-15-6-2-1-3-7-15)22-13-16-10-11-20-18(12-16)17-8-4-5-9-19(17)23-20/h1-3,6-7,10-12,23H,4-5,8-9,13-14H2,(H,22,24). The number of ether oxygens (including phenoxy) is 1. The number of amides is 1. The number of fused-ring (bicyclic) bond motifs is 3. The zero-order valence-electron chi connectivity index (χ0n) is 14.2. The lowest BCUT2D eigenvalue weighted by molar-refractivity contribution is 0.139. The normalized spacial score (nSPS) is 13.4. The van der Waals surface area contributed by atoms with Crippen LogP contribution < -0.4 is 5.32 Å². The first kappa shape index (κ1) is 15.8. The van der Waals surface area contributed by atoms with E-state index in [1.54, 1.807) is 0 Å². The lowest BCUT2D eigenvalue weighted by Crippen LogP contribution is -2.23. The topological polar surface area (TPSA) is 54.1 Å². The molecule has 1 heterocycles. The van der Waals surface area contributed by atoms with Crippen LogP contribution in [0.15, 0.2) is 48.5 Å². The molecule has 0 saturated carbocycles. The number of alkyl carbamates (subject to hydrolysis) is 1. The number of nitrogens with one attached hydrogen (secondary N) is 2. The van der Waals surface area contributed by atoms with Crippen LogP contribution in [0.5, 0.6) is 0 Å². The van der Waals surface area contributed by atoms with Gasteiger partial charge in [0.15, 0.2) is 0 Å². The second-order valence-electron chi connectivity index (χ2n) is 6.58. The van der Waals surface area contributed by atoms with Crippen molar-refractivity contribution in [1.29, 1.82) is 0 Å². The largest absolute Gasteiger partial charge is 0.445 e. The van der Waals surface area contributed by atoms with E-state index >= 15 is 0 Å². The van der Waals surface area contributed by atoms with Gasteiger partial charge in [-0.1, -0.05) is 36.4 Å². The van der Waals surface area contributed by atoms with Gasteiger partial charge in [0.2, 0.25) is 0 Å². The number of rotatable bonds is 4. The maximum Gasteiger partial charge on any atom is 0.407 e. The molecule has 0 aliphatic heterocycles. The second kappa shape index (κ2) is 7.01. The Labute approximate surface area is 147 Å². The van der Waals surface area contributed by atoms with Gasteiger partial charge in [0, 0.05) is 23.1 Å². The van der Waals surface area contributed by atoms with Crippen molar-refractivity contribution < 1.29 is 9.53 Å². The summed E-state index contributed by atoms with van der Waals surface area (Å²) in [6.45, 7) is 0.764. The van der Waals surface area contributed by atoms with E-state index in [-0.39, 0.29) is 12.7 Å². The number of hydrogen-bond donors (Lipinski definition) is 2. The molecule has 4 rings (SSSR count). The smallest absolute Gasteiger partial charge is 0.407 e. The summed E-state index contributed by atoms with van der Waals surface area (Å²) < 4.78 is 5.26. The molecule has 2 N–H and O–H groups in total. The maximum atomic E-state index is 11.9. The lowest BCUT2D eigenvalue weighted by atomic mass is 9.95. The Bertz CT molecular complexity index is 884. The van der Waals surface area contributed by atoms with Crippen molar-refractivity contribution in [3.63, 3.8) is 0 Å². The summed E-state index contributed by atoms with van der Waals surface area (Å²) in [6.07, 6.45) is 4.42. The SMILES string of the molecule is O=C(NCc1ccc2[nH]c3c(c2c1)CCCC3)OCc1ccccc1. The van der Waals surface area contributed by atoms with Crippen LogP contribution in [0.2, 0.25) is 0 Å². The first-order chi connectivity index (χ1) is 12.3. The highest BCUT2D eigenvalue weighted by atomic mass is 16.5. The predicted octanol–water partition coefficient (Wildman–Crippen LogP) is 4.47. The fourth-order valence-electron chi connectivity index (χ4n) is 3.51. The number of hydrogen-bond acceptors (Lipinski definition) is 2. The number of carbonyl (C=O) groups excluding carboxylic acids is 1. The third kappa shape index (κ3) is 3.53. The molecule has 3 aromatic rings. The van der Waals surface area contributed by atoms with Crippen LogP contribution in [0.4, 0.5) is 4.79 Å². The maximum absolute atomic E-state index is 11.9. The number of aryl methyl sites for hydroxylation is 2. The second-order valence-corrected chi connectivity index (χ2v) is 6.58. The van der Waals surface area contributed by atoms with Crippen molar-refractivity contribution in [1.82, 2.24) is 10.3 Å². The first-order valence-corrected chi connectivity index (χ1v) is 8.86. The molecule has 0 fully saturated rings. The minimum Gasteiger partial charge on any atom is -0.445 e. The van der Waals surface area contributed by atoms with Crippen LogP contribution in [0, 0.1) is 0 Å². The van der Waals surface area contributed by atoms with E-state index in [0.717, 1.165) is 24.0 Å². The van der Waals surface area contributed by atoms with Gasteiger partial charge in [0.05, 0.1) is 0 Å². The third-order valence-corrected chi connectivity index (χ3v) is 4.81. The Morgan fingerprint density at radius 2 is 1.88 bits per heavy atom. The Kier molecular flexibility index (Phi) is 4.42. The molecule has 0 unspecified atom stereocenters. The zero-order valence-corrected chi connectivity index (χ0v) is 14.2. The number of benzene rings is 2. The van der Waals surface area contributed by atoms with Crippen LogP contribution in [0.1, 0.15) is 35.2 Å². The van der Waals surface area contributed by atoms with Crippen molar-refractivity contribution in [3.8, 4) is 0 Å². The van der Waals surface area contributed by atoms with E-state index in [9.17, 15) is 4.79 Å². The molecule has 1 aliphatic carbocycles. The molecule has 4 nitrogen and oxygen atoms in total. The monoisotopic (exact) mass is 334 g/mol. The van der Waals surface area contributed by atoms with Crippen LogP contribution in [0.3, 0.4) is 0 Å². The minimum absolute atomic E-state index is 0.289. The van der Waals surface area contributed by atoms with Gasteiger partial charge in [-0.05, 0) is 54.5 Å².